The largest absolute Gasteiger partial charge is 0.481 e. The molecule has 0 radical (unpaired) electrons. The molecule has 0 aromatic heterocycles. The molecule has 0 saturated carbocycles. The van der Waals surface area contributed by atoms with Gasteiger partial charge in [-0.25, -0.2) is 4.39 Å². The molecule has 21 heavy (non-hydrogen) atoms. The Labute approximate surface area is 127 Å². The Morgan fingerprint density at radius 3 is 2.81 bits per heavy atom. The fourth-order valence-corrected chi connectivity index (χ4v) is 3.36. The second-order valence-electron chi connectivity index (χ2n) is 5.46. The topological polar surface area (TPSA) is 37.3 Å². The highest BCUT2D eigenvalue weighted by molar-refractivity contribution is 6.31. The number of hydrogen-bond donors (Lipinski definition) is 1. The zero-order valence-electron chi connectivity index (χ0n) is 11.3. The van der Waals surface area contributed by atoms with E-state index < -0.39 is 17.2 Å². The van der Waals surface area contributed by atoms with Gasteiger partial charge in [0, 0.05) is 5.02 Å². The highest BCUT2D eigenvalue weighted by Gasteiger charge is 2.45. The first-order valence-corrected chi connectivity index (χ1v) is 7.16. The van der Waals surface area contributed by atoms with Gasteiger partial charge in [0.05, 0.1) is 5.41 Å². The van der Waals surface area contributed by atoms with Gasteiger partial charge in [-0.15, -0.1) is 0 Å². The van der Waals surface area contributed by atoms with Gasteiger partial charge in [-0.3, -0.25) is 4.79 Å². The van der Waals surface area contributed by atoms with Gasteiger partial charge in [-0.1, -0.05) is 35.9 Å². The molecule has 2 aromatic carbocycles. The van der Waals surface area contributed by atoms with E-state index in [9.17, 15) is 14.3 Å². The monoisotopic (exact) mass is 304 g/mol. The van der Waals surface area contributed by atoms with Crippen LogP contribution in [-0.4, -0.2) is 11.1 Å². The number of rotatable bonds is 3. The molecule has 2 nitrogen and oxygen atoms in total. The molecule has 0 bridgehead atoms. The third-order valence-electron chi connectivity index (χ3n) is 4.26. The van der Waals surface area contributed by atoms with Gasteiger partial charge in [0.1, 0.15) is 5.82 Å². The van der Waals surface area contributed by atoms with Crippen LogP contribution in [0.2, 0.25) is 5.02 Å². The predicted molar refractivity (Wildman–Crippen MR) is 79.2 cm³/mol. The third kappa shape index (κ3) is 2.32. The second kappa shape index (κ2) is 5.15. The Balaban J connectivity index is 2.09. The fourth-order valence-electron chi connectivity index (χ4n) is 3.17. The van der Waals surface area contributed by atoms with Crippen molar-refractivity contribution in [2.24, 2.45) is 0 Å². The Bertz CT molecular complexity index is 714. The first kappa shape index (κ1) is 14.1. The number of aryl methyl sites for hydroxylation is 1. The van der Waals surface area contributed by atoms with Crippen molar-refractivity contribution in [2.75, 3.05) is 0 Å². The van der Waals surface area contributed by atoms with Crippen molar-refractivity contribution in [3.05, 3.63) is 70.0 Å². The normalized spacial score (nSPS) is 20.3. The van der Waals surface area contributed by atoms with Gasteiger partial charge < -0.3 is 5.11 Å². The average molecular weight is 305 g/mol. The molecule has 108 valence electrons. The number of halogens is 2. The van der Waals surface area contributed by atoms with E-state index in [2.05, 4.69) is 0 Å². The van der Waals surface area contributed by atoms with Crippen LogP contribution < -0.4 is 0 Å². The summed E-state index contributed by atoms with van der Waals surface area (Å²) in [5, 5.41) is 10.2. The van der Waals surface area contributed by atoms with E-state index in [1.54, 1.807) is 0 Å². The molecule has 0 saturated heterocycles. The number of carboxylic acids is 1. The molecule has 2 aromatic rings. The van der Waals surface area contributed by atoms with E-state index in [0.717, 1.165) is 17.5 Å². The SMILES string of the molecule is O=C(O)C1(Cc2cc(F)ccc2Cl)CCc2ccccc21. The summed E-state index contributed by atoms with van der Waals surface area (Å²) in [6.45, 7) is 0. The highest BCUT2D eigenvalue weighted by Crippen LogP contribution is 2.42. The van der Waals surface area contributed by atoms with E-state index in [0.29, 0.717) is 17.0 Å². The maximum Gasteiger partial charge on any atom is 0.314 e. The van der Waals surface area contributed by atoms with Crippen LogP contribution in [0.3, 0.4) is 0 Å². The summed E-state index contributed by atoms with van der Waals surface area (Å²) in [6, 6.07) is 11.6. The maximum atomic E-state index is 13.4. The Morgan fingerprint density at radius 2 is 2.05 bits per heavy atom. The summed E-state index contributed by atoms with van der Waals surface area (Å²) in [6.07, 6.45) is 1.43. The quantitative estimate of drug-likeness (QED) is 0.931. The molecule has 1 N–H and O–H groups in total. The number of fused-ring (bicyclic) bond motifs is 1. The van der Waals surface area contributed by atoms with Gasteiger partial charge in [0.15, 0.2) is 0 Å². The zero-order chi connectivity index (χ0) is 15.0. The number of carboxylic acid groups (broad SMARTS) is 1. The minimum atomic E-state index is -1.02. The summed E-state index contributed by atoms with van der Waals surface area (Å²) >= 11 is 6.11. The van der Waals surface area contributed by atoms with Crippen LogP contribution in [0.25, 0.3) is 0 Å². The fraction of sp³-hybridized carbons (Fsp3) is 0.235. The van der Waals surface area contributed by atoms with Crippen molar-refractivity contribution in [1.82, 2.24) is 0 Å². The van der Waals surface area contributed by atoms with Crippen LogP contribution in [0.15, 0.2) is 42.5 Å². The van der Waals surface area contributed by atoms with Gasteiger partial charge in [-0.05, 0) is 54.2 Å². The predicted octanol–water partition coefficient (Wildman–Crippen LogP) is 3.99. The van der Waals surface area contributed by atoms with Crippen LogP contribution in [0.1, 0.15) is 23.1 Å². The molecule has 0 aliphatic heterocycles. The first-order valence-electron chi connectivity index (χ1n) is 6.79. The molecule has 0 amide bonds. The highest BCUT2D eigenvalue weighted by atomic mass is 35.5. The number of carbonyl (C=O) groups is 1. The van der Waals surface area contributed by atoms with Gasteiger partial charge in [0.25, 0.3) is 0 Å². The lowest BCUT2D eigenvalue weighted by molar-refractivity contribution is -0.143. The molecule has 1 unspecified atom stereocenters. The molecule has 3 rings (SSSR count). The first-order chi connectivity index (χ1) is 10.0. The molecule has 0 fully saturated rings. The van der Waals surface area contributed by atoms with Crippen LogP contribution in [0, 0.1) is 5.82 Å². The number of hydrogen-bond acceptors (Lipinski definition) is 1. The van der Waals surface area contributed by atoms with E-state index >= 15 is 0 Å². The van der Waals surface area contributed by atoms with Crippen molar-refractivity contribution in [1.29, 1.82) is 0 Å². The number of aliphatic carboxylic acids is 1. The van der Waals surface area contributed by atoms with E-state index in [1.807, 2.05) is 24.3 Å². The standard InChI is InChI=1S/C17H14ClFO2/c18-15-6-5-13(19)9-12(15)10-17(16(20)21)8-7-11-3-1-2-4-14(11)17/h1-6,9H,7-8,10H2,(H,20,21). The lowest BCUT2D eigenvalue weighted by Gasteiger charge is -2.26. The molecule has 4 heteroatoms. The minimum absolute atomic E-state index is 0.204. The van der Waals surface area contributed by atoms with Gasteiger partial charge in [-0.2, -0.15) is 0 Å². The zero-order valence-corrected chi connectivity index (χ0v) is 12.0. The minimum Gasteiger partial charge on any atom is -0.481 e. The molecule has 1 aliphatic rings. The number of benzene rings is 2. The lowest BCUT2D eigenvalue weighted by atomic mass is 9.76. The van der Waals surface area contributed by atoms with Gasteiger partial charge >= 0.3 is 5.97 Å². The molecular weight excluding hydrogens is 291 g/mol. The maximum absolute atomic E-state index is 13.4. The summed E-state index contributed by atoms with van der Waals surface area (Å²) in [7, 11) is 0. The summed E-state index contributed by atoms with van der Waals surface area (Å²) < 4.78 is 13.4. The summed E-state index contributed by atoms with van der Waals surface area (Å²) in [5.74, 6) is -1.28. The summed E-state index contributed by atoms with van der Waals surface area (Å²) in [4.78, 5) is 12.0. The lowest BCUT2D eigenvalue weighted by Crippen LogP contribution is -2.36. The van der Waals surface area contributed by atoms with Gasteiger partial charge in [0.2, 0.25) is 0 Å². The van der Waals surface area contributed by atoms with Crippen molar-refractivity contribution in [3.8, 4) is 0 Å². The Morgan fingerprint density at radius 1 is 1.29 bits per heavy atom. The molecule has 0 heterocycles. The molecule has 1 aliphatic carbocycles. The molecular formula is C17H14ClFO2. The van der Waals surface area contributed by atoms with Crippen LogP contribution >= 0.6 is 11.6 Å². The van der Waals surface area contributed by atoms with Crippen molar-refractivity contribution < 1.29 is 14.3 Å². The van der Waals surface area contributed by atoms with Crippen molar-refractivity contribution in [2.45, 2.75) is 24.7 Å². The molecule has 1 atom stereocenters. The van der Waals surface area contributed by atoms with Crippen LogP contribution in [0.4, 0.5) is 4.39 Å². The van der Waals surface area contributed by atoms with Crippen LogP contribution in [-0.2, 0) is 23.1 Å². The van der Waals surface area contributed by atoms with Crippen molar-refractivity contribution in [3.63, 3.8) is 0 Å². The van der Waals surface area contributed by atoms with Crippen LogP contribution in [0.5, 0.6) is 0 Å². The Kier molecular flexibility index (Phi) is 3.46. The Hall–Kier alpha value is -1.87. The average Bonchev–Trinajstić information content (AvgIpc) is 2.83. The summed E-state index contributed by atoms with van der Waals surface area (Å²) in [5.41, 5.74) is 1.38. The van der Waals surface area contributed by atoms with E-state index in [-0.39, 0.29) is 6.42 Å². The molecule has 0 spiro atoms. The smallest absolute Gasteiger partial charge is 0.314 e. The van der Waals surface area contributed by atoms with Crippen molar-refractivity contribution >= 4 is 17.6 Å². The third-order valence-corrected chi connectivity index (χ3v) is 4.63. The van der Waals surface area contributed by atoms with E-state index in [4.69, 9.17) is 11.6 Å². The second-order valence-corrected chi connectivity index (χ2v) is 5.86. The van der Waals surface area contributed by atoms with E-state index in [1.165, 1.54) is 18.2 Å².